The summed E-state index contributed by atoms with van der Waals surface area (Å²) in [5.41, 5.74) is 2.55. The number of thiophene rings is 2. The molecule has 0 atom stereocenters. The molecule has 9 nitrogen and oxygen atoms in total. The first-order valence-electron chi connectivity index (χ1n) is 16.0. The summed E-state index contributed by atoms with van der Waals surface area (Å²) in [4.78, 5) is 43.7. The van der Waals surface area contributed by atoms with Crippen LogP contribution in [-0.4, -0.2) is 67.6 Å². The number of rotatable bonds is 11. The number of aliphatic carboxylic acids is 2. The molecule has 1 fully saturated rings. The number of aldehydes is 1. The number of halogens is 2. The predicted molar refractivity (Wildman–Crippen MR) is 207 cm³/mol. The molecular weight excluding hydrogens is 773 g/mol. The molecule has 276 valence electrons. The number of pyridine rings is 2. The minimum atomic E-state index is -1.26. The molecule has 6 aromatic rings. The third-order valence-electron chi connectivity index (χ3n) is 7.27. The summed E-state index contributed by atoms with van der Waals surface area (Å²) in [5.74, 6) is -3.48. The highest BCUT2D eigenvalue weighted by molar-refractivity contribution is 8.01. The van der Waals surface area contributed by atoms with Crippen molar-refractivity contribution in [1.29, 1.82) is 0 Å². The Morgan fingerprint density at radius 1 is 0.722 bits per heavy atom. The van der Waals surface area contributed by atoms with Crippen LogP contribution >= 0.6 is 46.2 Å². The average molecular weight is 804 g/mol. The van der Waals surface area contributed by atoms with Crippen molar-refractivity contribution < 1.29 is 38.5 Å². The number of benzene rings is 2. The monoisotopic (exact) mass is 803 g/mol. The van der Waals surface area contributed by atoms with Gasteiger partial charge in [0.1, 0.15) is 0 Å². The van der Waals surface area contributed by atoms with Crippen LogP contribution in [0.2, 0.25) is 0 Å². The fraction of sp³-hybridized carbons (Fsp3) is 0.103. The number of carbonyl (C=O) groups is 3. The van der Waals surface area contributed by atoms with E-state index in [2.05, 4.69) is 33.1 Å². The third kappa shape index (κ3) is 11.7. The third-order valence-corrected chi connectivity index (χ3v) is 11.9. The Morgan fingerprint density at radius 2 is 1.20 bits per heavy atom. The molecule has 15 heteroatoms. The maximum Gasteiger partial charge on any atom is 0.328 e. The molecule has 54 heavy (non-hydrogen) atoms. The van der Waals surface area contributed by atoms with Gasteiger partial charge in [-0.15, -0.1) is 22.7 Å². The summed E-state index contributed by atoms with van der Waals surface area (Å²) in [5, 5.41) is 25.1. The molecule has 0 aliphatic carbocycles. The van der Waals surface area contributed by atoms with Gasteiger partial charge in [-0.25, -0.2) is 19.6 Å². The lowest BCUT2D eigenvalue weighted by Gasteiger charge is -2.35. The largest absolute Gasteiger partial charge is 0.478 e. The van der Waals surface area contributed by atoms with E-state index in [-0.39, 0.29) is 6.10 Å². The molecule has 2 aromatic carbocycles. The molecule has 1 aliphatic heterocycles. The van der Waals surface area contributed by atoms with Gasteiger partial charge in [0.2, 0.25) is 11.9 Å². The Hall–Kier alpha value is -5.03. The molecule has 0 spiro atoms. The Bertz CT molecular complexity index is 2190. The van der Waals surface area contributed by atoms with Crippen molar-refractivity contribution >= 4 is 64.4 Å². The van der Waals surface area contributed by atoms with Gasteiger partial charge in [-0.05, 0) is 60.7 Å². The summed E-state index contributed by atoms with van der Waals surface area (Å²) < 4.78 is 30.1. The molecule has 1 aliphatic rings. The minimum absolute atomic E-state index is 0.214. The van der Waals surface area contributed by atoms with Gasteiger partial charge >= 0.3 is 11.9 Å². The summed E-state index contributed by atoms with van der Waals surface area (Å²) in [6, 6.07) is 30.6. The molecule has 3 N–H and O–H groups in total. The van der Waals surface area contributed by atoms with Gasteiger partial charge in [-0.3, -0.25) is 9.69 Å². The highest BCUT2D eigenvalue weighted by Crippen LogP contribution is 2.44. The maximum absolute atomic E-state index is 14.2. The Labute approximate surface area is 325 Å². The van der Waals surface area contributed by atoms with Crippen molar-refractivity contribution in [2.24, 2.45) is 0 Å². The van der Waals surface area contributed by atoms with Crippen LogP contribution in [0, 0.1) is 11.9 Å². The van der Waals surface area contributed by atoms with Crippen LogP contribution in [0.25, 0.3) is 22.3 Å². The number of carbonyl (C=O) groups excluding carboxylic acids is 1. The molecule has 1 saturated heterocycles. The molecule has 0 unspecified atom stereocenters. The van der Waals surface area contributed by atoms with Crippen LogP contribution in [0.5, 0.6) is 0 Å². The molecular formula is C39H31F2N3O6S4. The molecule has 0 radical (unpaired) electrons. The predicted octanol–water partition coefficient (Wildman–Crippen LogP) is 8.90. The van der Waals surface area contributed by atoms with Gasteiger partial charge in [-0.1, -0.05) is 59.9 Å². The van der Waals surface area contributed by atoms with E-state index in [0.29, 0.717) is 46.8 Å². The first-order valence-corrected chi connectivity index (χ1v) is 19.3. The van der Waals surface area contributed by atoms with E-state index in [1.165, 1.54) is 40.4 Å². The highest BCUT2D eigenvalue weighted by Gasteiger charge is 2.26. The number of carboxylic acids is 2. The fourth-order valence-corrected chi connectivity index (χ4v) is 9.63. The van der Waals surface area contributed by atoms with E-state index in [4.69, 9.17) is 10.2 Å². The van der Waals surface area contributed by atoms with Gasteiger partial charge in [0.05, 0.1) is 19.4 Å². The van der Waals surface area contributed by atoms with E-state index in [1.807, 2.05) is 48.5 Å². The van der Waals surface area contributed by atoms with E-state index >= 15 is 0 Å². The standard InChI is InChI=1S/C19H17FN2OS2.C16H10FNOS2.C4H4O4/c20-18-16(7-4-8-21-18)17-9-15(12-22-10-13(23)11-22)25-19(17)24-14-5-2-1-3-6-14;17-15-13(7-4-8-18-15)14-9-12(10-19)21-16(14)20-11-5-2-1-3-6-11;5-3(6)1-2-4(7)8/h1-9,13,23H,10-12H2;1-10H;1-2H,(H,5,6)(H,7,8)/b;;2-1+. The molecule has 0 saturated carbocycles. The highest BCUT2D eigenvalue weighted by atomic mass is 32.2. The van der Waals surface area contributed by atoms with Gasteiger partial charge in [0, 0.05) is 81.1 Å². The SMILES string of the molecule is O=C(O)/C=C/C(=O)O.O=Cc1cc(-c2cccnc2F)c(Sc2ccccc2)s1.OC1CN(Cc2cc(-c3cccnc3F)c(Sc3ccccc3)s2)C1. The van der Waals surface area contributed by atoms with E-state index in [0.717, 1.165) is 36.6 Å². The lowest BCUT2D eigenvalue weighted by atomic mass is 10.1. The van der Waals surface area contributed by atoms with Crippen molar-refractivity contribution in [2.45, 2.75) is 30.9 Å². The van der Waals surface area contributed by atoms with Crippen molar-refractivity contribution in [3.05, 3.63) is 143 Å². The number of likely N-dealkylation sites (tertiary alicyclic amines) is 1. The Kier molecular flexibility index (Phi) is 14.8. The van der Waals surface area contributed by atoms with E-state index in [9.17, 15) is 28.3 Å². The number of aliphatic hydroxyl groups is 1. The molecule has 7 rings (SSSR count). The van der Waals surface area contributed by atoms with Crippen molar-refractivity contribution in [1.82, 2.24) is 14.9 Å². The van der Waals surface area contributed by atoms with Crippen molar-refractivity contribution in [3.63, 3.8) is 0 Å². The number of hydrogen-bond donors (Lipinski definition) is 3. The van der Waals surface area contributed by atoms with Gasteiger partial charge in [0.25, 0.3) is 0 Å². The second-order valence-corrected chi connectivity index (χ2v) is 16.2. The van der Waals surface area contributed by atoms with E-state index < -0.39 is 23.8 Å². The van der Waals surface area contributed by atoms with E-state index in [1.54, 1.807) is 53.4 Å². The summed E-state index contributed by atoms with van der Waals surface area (Å²) in [6.45, 7) is 2.19. The molecule has 4 aromatic heterocycles. The Balaban J connectivity index is 0.000000175. The normalized spacial score (nSPS) is 12.6. The van der Waals surface area contributed by atoms with Crippen molar-refractivity contribution in [3.8, 4) is 22.3 Å². The maximum atomic E-state index is 14.2. The minimum Gasteiger partial charge on any atom is -0.478 e. The number of nitrogens with zero attached hydrogens (tertiary/aromatic N) is 3. The first-order chi connectivity index (χ1) is 26.1. The quantitative estimate of drug-likeness (QED) is 0.0657. The summed E-state index contributed by atoms with van der Waals surface area (Å²) in [7, 11) is 0. The number of hydrogen-bond acceptors (Lipinski definition) is 11. The molecule has 0 bridgehead atoms. The van der Waals surface area contributed by atoms with Crippen LogP contribution in [-0.2, 0) is 16.1 Å². The topological polar surface area (TPSA) is 141 Å². The fourth-order valence-electron chi connectivity index (χ4n) is 4.88. The molecule has 5 heterocycles. The van der Waals surface area contributed by atoms with Crippen molar-refractivity contribution in [2.75, 3.05) is 13.1 Å². The smallest absolute Gasteiger partial charge is 0.328 e. The first kappa shape index (κ1) is 40.2. The van der Waals surface area contributed by atoms with Gasteiger partial charge in [-0.2, -0.15) is 8.78 Å². The van der Waals surface area contributed by atoms with Gasteiger partial charge < -0.3 is 15.3 Å². The van der Waals surface area contributed by atoms with Crippen LogP contribution in [0.3, 0.4) is 0 Å². The van der Waals surface area contributed by atoms with Crippen LogP contribution in [0.4, 0.5) is 8.78 Å². The zero-order valence-electron chi connectivity index (χ0n) is 28.1. The zero-order chi connectivity index (χ0) is 38.5. The number of aromatic nitrogens is 2. The number of β-amino-alcohol motifs (C(OH)–C–C–N with tert-alkyl or cyclic N) is 1. The average Bonchev–Trinajstić information content (AvgIpc) is 3.75. The zero-order valence-corrected chi connectivity index (χ0v) is 31.4. The van der Waals surface area contributed by atoms with Crippen LogP contribution in [0.1, 0.15) is 14.5 Å². The van der Waals surface area contributed by atoms with Crippen LogP contribution < -0.4 is 0 Å². The lowest BCUT2D eigenvalue weighted by molar-refractivity contribution is -0.134. The number of carboxylic acid groups (broad SMARTS) is 2. The van der Waals surface area contributed by atoms with Gasteiger partial charge in [0.15, 0.2) is 6.29 Å². The summed E-state index contributed by atoms with van der Waals surface area (Å²) >= 11 is 6.21. The Morgan fingerprint density at radius 3 is 1.65 bits per heavy atom. The molecule has 0 amide bonds. The number of aliphatic hydroxyl groups excluding tert-OH is 1. The lowest BCUT2D eigenvalue weighted by Crippen LogP contribution is -2.49. The second kappa shape index (κ2) is 19.9. The summed E-state index contributed by atoms with van der Waals surface area (Å²) in [6.07, 6.45) is 4.57. The second-order valence-electron chi connectivity index (χ2n) is 11.3. The van der Waals surface area contributed by atoms with Crippen LogP contribution in [0.15, 0.2) is 140 Å².